The Labute approximate surface area is 185 Å². The number of aliphatic hydroxyl groups excluding tert-OH is 1. The van der Waals surface area contributed by atoms with Crippen LogP contribution in [0.1, 0.15) is 58.7 Å². The van der Waals surface area contributed by atoms with Crippen LogP contribution in [0.25, 0.3) is 22.3 Å². The van der Waals surface area contributed by atoms with Crippen LogP contribution in [0.3, 0.4) is 0 Å². The zero-order valence-electron chi connectivity index (χ0n) is 19.7. The van der Waals surface area contributed by atoms with E-state index in [1.165, 1.54) is 5.56 Å². The topological polar surface area (TPSA) is 85.0 Å². The summed E-state index contributed by atoms with van der Waals surface area (Å²) in [5.74, 6) is 0.298. The third kappa shape index (κ3) is 5.56. The molecule has 0 unspecified atom stereocenters. The highest BCUT2D eigenvalue weighted by Crippen LogP contribution is 2.32. The summed E-state index contributed by atoms with van der Waals surface area (Å²) in [5.41, 5.74) is 6.30. The van der Waals surface area contributed by atoms with E-state index in [1.807, 2.05) is 32.0 Å². The molecule has 6 heteroatoms. The minimum atomic E-state index is -0.0679. The number of carbonyl (C=O) groups is 1. The molecule has 0 aliphatic carbocycles. The fourth-order valence-corrected chi connectivity index (χ4v) is 3.85. The number of aromatic amines is 2. The highest BCUT2D eigenvalue weighted by atomic mass is 16.3. The summed E-state index contributed by atoms with van der Waals surface area (Å²) in [6.45, 7) is 13.1. The van der Waals surface area contributed by atoms with E-state index in [0.717, 1.165) is 46.5 Å². The molecule has 3 N–H and O–H groups in total. The fourth-order valence-electron chi connectivity index (χ4n) is 3.85. The number of hydrogen-bond acceptors (Lipinski definition) is 3. The molecule has 2 aromatic heterocycles. The number of nitrogens with one attached hydrogen (secondary N) is 2. The number of aryl methyl sites for hydroxylation is 1. The van der Waals surface area contributed by atoms with Crippen molar-refractivity contribution in [2.45, 2.75) is 60.8 Å². The van der Waals surface area contributed by atoms with Gasteiger partial charge in [-0.05, 0) is 49.3 Å². The van der Waals surface area contributed by atoms with Gasteiger partial charge in [-0.3, -0.25) is 9.89 Å². The predicted octanol–water partition coefficient (Wildman–Crippen LogP) is 5.22. The zero-order chi connectivity index (χ0) is 22.8. The molecule has 1 aromatic carbocycles. The summed E-state index contributed by atoms with van der Waals surface area (Å²) >= 11 is 0. The second kappa shape index (κ2) is 9.27. The first-order valence-electron chi connectivity index (χ1n) is 11.2. The van der Waals surface area contributed by atoms with Crippen molar-refractivity contribution in [3.63, 3.8) is 0 Å². The molecule has 3 aromatic rings. The van der Waals surface area contributed by atoms with Gasteiger partial charge in [0.05, 0.1) is 12.3 Å². The van der Waals surface area contributed by atoms with E-state index >= 15 is 0 Å². The van der Waals surface area contributed by atoms with Gasteiger partial charge < -0.3 is 15.0 Å². The fraction of sp³-hybridized carbons (Fsp3) is 0.520. The lowest BCUT2D eigenvalue weighted by Gasteiger charge is -2.23. The number of carbonyl (C=O) groups excluding carboxylic acids is 1. The second-order valence-electron chi connectivity index (χ2n) is 10.1. The van der Waals surface area contributed by atoms with Crippen LogP contribution >= 0.6 is 0 Å². The quantitative estimate of drug-likeness (QED) is 0.464. The van der Waals surface area contributed by atoms with E-state index in [9.17, 15) is 9.90 Å². The van der Waals surface area contributed by atoms with Crippen LogP contribution in [0.4, 0.5) is 5.69 Å². The molecule has 3 rings (SSSR count). The molecule has 0 aliphatic heterocycles. The summed E-state index contributed by atoms with van der Waals surface area (Å²) in [6, 6.07) is 8.07. The molecular weight excluding hydrogens is 388 g/mol. The number of aromatic nitrogens is 3. The van der Waals surface area contributed by atoms with Gasteiger partial charge in [0.2, 0.25) is 5.91 Å². The van der Waals surface area contributed by atoms with Crippen molar-refractivity contribution in [3.8, 4) is 11.4 Å². The largest absolute Gasteiger partial charge is 0.395 e. The average Bonchev–Trinajstić information content (AvgIpc) is 3.25. The van der Waals surface area contributed by atoms with Crippen LogP contribution in [0.15, 0.2) is 24.3 Å². The predicted molar refractivity (Wildman–Crippen MR) is 127 cm³/mol. The standard InChI is InChI=1S/C25H36N4O2/c1-16(2)13-23(31)29(11-12-30)19-8-7-18-14-22(26-21(18)15-19)24-20(17(3)27-28-24)9-10-25(4,5)6/h7-8,14-16,26,30H,9-13H2,1-6H3,(H,27,28). The molecule has 31 heavy (non-hydrogen) atoms. The number of benzene rings is 1. The third-order valence-electron chi connectivity index (χ3n) is 5.58. The van der Waals surface area contributed by atoms with E-state index in [2.05, 4.69) is 48.9 Å². The maximum Gasteiger partial charge on any atom is 0.227 e. The van der Waals surface area contributed by atoms with Gasteiger partial charge in [-0.15, -0.1) is 0 Å². The Morgan fingerprint density at radius 2 is 1.97 bits per heavy atom. The Morgan fingerprint density at radius 1 is 1.23 bits per heavy atom. The van der Waals surface area contributed by atoms with Gasteiger partial charge >= 0.3 is 0 Å². The van der Waals surface area contributed by atoms with E-state index in [0.29, 0.717) is 13.0 Å². The smallest absolute Gasteiger partial charge is 0.227 e. The van der Waals surface area contributed by atoms with Crippen molar-refractivity contribution in [3.05, 3.63) is 35.5 Å². The Kier molecular flexibility index (Phi) is 6.90. The molecule has 1 amide bonds. The number of amides is 1. The van der Waals surface area contributed by atoms with Gasteiger partial charge in [-0.25, -0.2) is 0 Å². The summed E-state index contributed by atoms with van der Waals surface area (Å²) < 4.78 is 0. The summed E-state index contributed by atoms with van der Waals surface area (Å²) in [4.78, 5) is 17.9. The van der Waals surface area contributed by atoms with Crippen LogP contribution in [0.2, 0.25) is 0 Å². The Morgan fingerprint density at radius 3 is 2.61 bits per heavy atom. The van der Waals surface area contributed by atoms with Gasteiger partial charge in [0.15, 0.2) is 0 Å². The van der Waals surface area contributed by atoms with E-state index in [4.69, 9.17) is 0 Å². The van der Waals surface area contributed by atoms with Gasteiger partial charge in [0, 0.05) is 40.8 Å². The van der Waals surface area contributed by atoms with Crippen molar-refractivity contribution in [1.82, 2.24) is 15.2 Å². The molecule has 0 saturated heterocycles. The Balaban J connectivity index is 1.94. The van der Waals surface area contributed by atoms with Gasteiger partial charge in [-0.1, -0.05) is 40.7 Å². The lowest BCUT2D eigenvalue weighted by molar-refractivity contribution is -0.119. The lowest BCUT2D eigenvalue weighted by Crippen LogP contribution is -2.34. The molecule has 0 bridgehead atoms. The van der Waals surface area contributed by atoms with Crippen molar-refractivity contribution in [2.24, 2.45) is 11.3 Å². The summed E-state index contributed by atoms with van der Waals surface area (Å²) in [5, 5.41) is 18.3. The van der Waals surface area contributed by atoms with Gasteiger partial charge in [-0.2, -0.15) is 5.10 Å². The maximum absolute atomic E-state index is 12.7. The molecule has 0 aliphatic rings. The summed E-state index contributed by atoms with van der Waals surface area (Å²) in [7, 11) is 0. The van der Waals surface area contributed by atoms with Gasteiger partial charge in [0.25, 0.3) is 0 Å². The molecule has 168 valence electrons. The molecule has 0 saturated carbocycles. The Bertz CT molecular complexity index is 1040. The van der Waals surface area contributed by atoms with E-state index in [-0.39, 0.29) is 23.8 Å². The van der Waals surface area contributed by atoms with Crippen molar-refractivity contribution < 1.29 is 9.90 Å². The van der Waals surface area contributed by atoms with E-state index < -0.39 is 0 Å². The second-order valence-corrected chi connectivity index (χ2v) is 10.1. The SMILES string of the molecule is Cc1[nH]nc(-c2cc3ccc(N(CCO)C(=O)CC(C)C)cc3[nH]2)c1CCC(C)(C)C. The van der Waals surface area contributed by atoms with Crippen molar-refractivity contribution >= 4 is 22.5 Å². The monoisotopic (exact) mass is 424 g/mol. The average molecular weight is 425 g/mol. The number of fused-ring (bicyclic) bond motifs is 1. The first-order chi connectivity index (χ1) is 14.6. The highest BCUT2D eigenvalue weighted by molar-refractivity contribution is 5.96. The van der Waals surface area contributed by atoms with Crippen LogP contribution in [0, 0.1) is 18.3 Å². The van der Waals surface area contributed by atoms with E-state index in [1.54, 1.807) is 4.90 Å². The van der Waals surface area contributed by atoms with Gasteiger partial charge in [0.1, 0.15) is 5.69 Å². The number of anilines is 1. The zero-order valence-corrected chi connectivity index (χ0v) is 19.7. The maximum atomic E-state index is 12.7. The molecule has 0 spiro atoms. The van der Waals surface area contributed by atoms with Crippen molar-refractivity contribution in [1.29, 1.82) is 0 Å². The van der Waals surface area contributed by atoms with Crippen LogP contribution in [-0.2, 0) is 11.2 Å². The molecule has 0 fully saturated rings. The summed E-state index contributed by atoms with van der Waals surface area (Å²) in [6.07, 6.45) is 2.51. The molecule has 6 nitrogen and oxygen atoms in total. The Hall–Kier alpha value is -2.60. The highest BCUT2D eigenvalue weighted by Gasteiger charge is 2.20. The first-order valence-corrected chi connectivity index (χ1v) is 11.2. The number of hydrogen-bond donors (Lipinski definition) is 3. The molecular formula is C25H36N4O2. The first kappa shape index (κ1) is 23.1. The molecule has 0 radical (unpaired) electrons. The normalized spacial score (nSPS) is 12.1. The number of rotatable bonds is 8. The van der Waals surface area contributed by atoms with Crippen LogP contribution < -0.4 is 4.90 Å². The number of aliphatic hydroxyl groups is 1. The van der Waals surface area contributed by atoms with Crippen molar-refractivity contribution in [2.75, 3.05) is 18.1 Å². The molecule has 2 heterocycles. The lowest BCUT2D eigenvalue weighted by atomic mass is 9.88. The van der Waals surface area contributed by atoms with Crippen LogP contribution in [0.5, 0.6) is 0 Å². The number of nitrogens with zero attached hydrogens (tertiary/aromatic N) is 2. The minimum absolute atomic E-state index is 0.0302. The van der Waals surface area contributed by atoms with Crippen LogP contribution in [-0.4, -0.2) is 39.3 Å². The molecule has 0 atom stereocenters. The number of H-pyrrole nitrogens is 2. The third-order valence-corrected chi connectivity index (χ3v) is 5.58. The minimum Gasteiger partial charge on any atom is -0.395 e.